The molecule has 0 aliphatic carbocycles. The van der Waals surface area contributed by atoms with Gasteiger partial charge in [-0.05, 0) is 71.4 Å². The maximum atomic E-state index is 9.17. The molecule has 6 aromatic rings. The third-order valence-electron chi connectivity index (χ3n) is 6.27. The third-order valence-corrected chi connectivity index (χ3v) is 6.27. The van der Waals surface area contributed by atoms with E-state index in [2.05, 4.69) is 58.5 Å². The van der Waals surface area contributed by atoms with E-state index in [1.807, 2.05) is 48.5 Å². The van der Waals surface area contributed by atoms with E-state index in [0.29, 0.717) is 11.4 Å². The Labute approximate surface area is 219 Å². The van der Waals surface area contributed by atoms with E-state index < -0.39 is 0 Å². The van der Waals surface area contributed by atoms with Gasteiger partial charge < -0.3 is 0 Å². The minimum Gasteiger partial charge on any atom is -0.248 e. The van der Waals surface area contributed by atoms with Gasteiger partial charge in [-0.2, -0.15) is 10.5 Å². The number of aromatic nitrogens is 4. The minimum absolute atomic E-state index is 0.365. The number of pyridine rings is 4. The van der Waals surface area contributed by atoms with Crippen LogP contribution in [-0.4, -0.2) is 19.9 Å². The van der Waals surface area contributed by atoms with Gasteiger partial charge in [-0.1, -0.05) is 36.4 Å². The molecule has 176 valence electrons. The largest absolute Gasteiger partial charge is 0.248 e. The molecule has 2 aromatic carbocycles. The van der Waals surface area contributed by atoms with Crippen molar-refractivity contribution in [2.75, 3.05) is 0 Å². The number of hydrogen-bond donors (Lipinski definition) is 0. The van der Waals surface area contributed by atoms with Crippen LogP contribution in [0.3, 0.4) is 0 Å². The van der Waals surface area contributed by atoms with Crippen LogP contribution in [0, 0.1) is 22.7 Å². The SMILES string of the molecule is N#Cc1cc(-c2cccc(-c3ccc4cc(-c5cccc(-c6ccnc(C#N)c6)n5)ccc4c3)n2)ccn1. The first kappa shape index (κ1) is 22.7. The van der Waals surface area contributed by atoms with Crippen molar-refractivity contribution in [1.29, 1.82) is 10.5 Å². The molecule has 0 aliphatic rings. The van der Waals surface area contributed by atoms with Crippen LogP contribution in [0.25, 0.3) is 55.8 Å². The molecule has 0 radical (unpaired) electrons. The van der Waals surface area contributed by atoms with Crippen LogP contribution >= 0.6 is 0 Å². The molecule has 6 rings (SSSR count). The van der Waals surface area contributed by atoms with Gasteiger partial charge in [0.15, 0.2) is 0 Å². The van der Waals surface area contributed by atoms with Gasteiger partial charge in [0.1, 0.15) is 23.5 Å². The molecule has 4 aromatic heterocycles. The van der Waals surface area contributed by atoms with E-state index in [1.165, 1.54) is 0 Å². The molecular formula is C32H18N6. The fourth-order valence-corrected chi connectivity index (χ4v) is 4.38. The summed E-state index contributed by atoms with van der Waals surface area (Å²) in [4.78, 5) is 17.8. The predicted octanol–water partition coefficient (Wildman–Crippen LogP) is 6.83. The first-order valence-electron chi connectivity index (χ1n) is 11.9. The summed E-state index contributed by atoms with van der Waals surface area (Å²) < 4.78 is 0. The lowest BCUT2D eigenvalue weighted by molar-refractivity contribution is 1.25. The Bertz CT molecular complexity index is 1770. The Balaban J connectivity index is 1.33. The third kappa shape index (κ3) is 4.46. The van der Waals surface area contributed by atoms with Crippen molar-refractivity contribution in [3.05, 3.63) is 121 Å². The summed E-state index contributed by atoms with van der Waals surface area (Å²) >= 11 is 0. The molecule has 4 heterocycles. The predicted molar refractivity (Wildman–Crippen MR) is 146 cm³/mol. The first-order chi connectivity index (χ1) is 18.7. The fourth-order valence-electron chi connectivity index (χ4n) is 4.38. The molecule has 0 N–H and O–H groups in total. The highest BCUT2D eigenvalue weighted by Gasteiger charge is 2.09. The van der Waals surface area contributed by atoms with Gasteiger partial charge in [-0.15, -0.1) is 0 Å². The maximum Gasteiger partial charge on any atom is 0.141 e. The lowest BCUT2D eigenvalue weighted by Gasteiger charge is -2.09. The molecule has 0 aliphatic heterocycles. The van der Waals surface area contributed by atoms with Crippen LogP contribution in [0.4, 0.5) is 0 Å². The van der Waals surface area contributed by atoms with E-state index in [1.54, 1.807) is 24.5 Å². The second-order valence-electron chi connectivity index (χ2n) is 8.68. The summed E-state index contributed by atoms with van der Waals surface area (Å²) in [6.45, 7) is 0. The van der Waals surface area contributed by atoms with E-state index >= 15 is 0 Å². The number of nitrogens with zero attached hydrogens (tertiary/aromatic N) is 6. The van der Waals surface area contributed by atoms with Crippen LogP contribution in [0.2, 0.25) is 0 Å². The van der Waals surface area contributed by atoms with E-state index in [-0.39, 0.29) is 0 Å². The van der Waals surface area contributed by atoms with Gasteiger partial charge in [0, 0.05) is 34.6 Å². The van der Waals surface area contributed by atoms with Crippen molar-refractivity contribution in [3.8, 4) is 57.2 Å². The first-order valence-corrected chi connectivity index (χ1v) is 11.9. The zero-order valence-electron chi connectivity index (χ0n) is 20.1. The van der Waals surface area contributed by atoms with Gasteiger partial charge in [0.25, 0.3) is 0 Å². The summed E-state index contributed by atoms with van der Waals surface area (Å²) in [5, 5.41) is 20.5. The average Bonchev–Trinajstić information content (AvgIpc) is 3.00. The Morgan fingerprint density at radius 3 is 1.24 bits per heavy atom. The van der Waals surface area contributed by atoms with Crippen LogP contribution < -0.4 is 0 Å². The van der Waals surface area contributed by atoms with Gasteiger partial charge in [0.2, 0.25) is 0 Å². The summed E-state index contributed by atoms with van der Waals surface area (Å²) in [6.07, 6.45) is 3.25. The number of benzene rings is 2. The second kappa shape index (κ2) is 9.73. The monoisotopic (exact) mass is 486 g/mol. The smallest absolute Gasteiger partial charge is 0.141 e. The van der Waals surface area contributed by atoms with Crippen LogP contribution in [0.5, 0.6) is 0 Å². The second-order valence-corrected chi connectivity index (χ2v) is 8.68. The summed E-state index contributed by atoms with van der Waals surface area (Å²) in [5.74, 6) is 0. The molecule has 0 saturated heterocycles. The Kier molecular flexibility index (Phi) is 5.82. The fraction of sp³-hybridized carbons (Fsp3) is 0. The zero-order valence-corrected chi connectivity index (χ0v) is 20.1. The molecular weight excluding hydrogens is 468 g/mol. The lowest BCUT2D eigenvalue weighted by Crippen LogP contribution is -1.91. The average molecular weight is 487 g/mol. The Hall–Kier alpha value is -5.72. The van der Waals surface area contributed by atoms with Gasteiger partial charge in [0.05, 0.1) is 22.8 Å². The molecule has 6 nitrogen and oxygen atoms in total. The maximum absolute atomic E-state index is 9.17. The van der Waals surface area contributed by atoms with Crippen LogP contribution in [-0.2, 0) is 0 Å². The van der Waals surface area contributed by atoms with Crippen molar-refractivity contribution < 1.29 is 0 Å². The van der Waals surface area contributed by atoms with Crippen LogP contribution in [0.15, 0.2) is 109 Å². The lowest BCUT2D eigenvalue weighted by atomic mass is 10.0. The van der Waals surface area contributed by atoms with Gasteiger partial charge in [-0.3, -0.25) is 0 Å². The van der Waals surface area contributed by atoms with Crippen molar-refractivity contribution in [2.24, 2.45) is 0 Å². The molecule has 0 fully saturated rings. The number of fused-ring (bicyclic) bond motifs is 1. The standard InChI is InChI=1S/C32H18N6/c33-19-27-17-25(11-13-35-27)31-5-1-3-29(37-31)23-9-7-22-16-24(10-8-21(22)15-23)30-4-2-6-32(38-30)26-12-14-36-28(18-26)20-34/h1-18H. The molecule has 6 heteroatoms. The topological polar surface area (TPSA) is 99.1 Å². The molecule has 0 unspecified atom stereocenters. The normalized spacial score (nSPS) is 10.6. The van der Waals surface area contributed by atoms with Crippen molar-refractivity contribution in [1.82, 2.24) is 19.9 Å². The van der Waals surface area contributed by atoms with Crippen LogP contribution in [0.1, 0.15) is 11.4 Å². The minimum atomic E-state index is 0.365. The summed E-state index contributed by atoms with van der Waals surface area (Å²) in [6, 6.07) is 35.7. The van der Waals surface area contributed by atoms with Crippen molar-refractivity contribution >= 4 is 10.8 Å². The number of nitriles is 2. The van der Waals surface area contributed by atoms with E-state index in [9.17, 15) is 0 Å². The molecule has 0 atom stereocenters. The molecule has 0 spiro atoms. The Morgan fingerprint density at radius 2 is 0.842 bits per heavy atom. The summed E-state index contributed by atoms with van der Waals surface area (Å²) in [7, 11) is 0. The number of rotatable bonds is 4. The van der Waals surface area contributed by atoms with E-state index in [4.69, 9.17) is 20.5 Å². The molecule has 0 bridgehead atoms. The van der Waals surface area contributed by atoms with Gasteiger partial charge >= 0.3 is 0 Å². The quantitative estimate of drug-likeness (QED) is 0.271. The van der Waals surface area contributed by atoms with E-state index in [0.717, 1.165) is 55.8 Å². The summed E-state index contributed by atoms with van der Waals surface area (Å²) in [5.41, 5.74) is 7.74. The van der Waals surface area contributed by atoms with Crippen molar-refractivity contribution in [2.45, 2.75) is 0 Å². The van der Waals surface area contributed by atoms with Crippen molar-refractivity contribution in [3.63, 3.8) is 0 Å². The van der Waals surface area contributed by atoms with Gasteiger partial charge in [-0.25, -0.2) is 19.9 Å². The Morgan fingerprint density at radius 1 is 0.447 bits per heavy atom. The molecule has 0 saturated carbocycles. The highest BCUT2D eigenvalue weighted by Crippen LogP contribution is 2.29. The molecule has 0 amide bonds. The zero-order chi connectivity index (χ0) is 25.9. The highest BCUT2D eigenvalue weighted by atomic mass is 14.7. The molecule has 38 heavy (non-hydrogen) atoms. The number of hydrogen-bond acceptors (Lipinski definition) is 6. The highest BCUT2D eigenvalue weighted by molar-refractivity contribution is 5.90.